The molecule has 0 aromatic carbocycles. The lowest BCUT2D eigenvalue weighted by molar-refractivity contribution is 0.228. The zero-order valence-corrected chi connectivity index (χ0v) is 6.14. The summed E-state index contributed by atoms with van der Waals surface area (Å²) in [6.45, 7) is 6.00. The summed E-state index contributed by atoms with van der Waals surface area (Å²) in [6, 6.07) is 0. The van der Waals surface area contributed by atoms with Crippen LogP contribution in [0.15, 0.2) is 12.7 Å². The Balaban J connectivity index is 2.96. The van der Waals surface area contributed by atoms with Crippen molar-refractivity contribution in [1.29, 1.82) is 0 Å². The lowest BCUT2D eigenvalue weighted by atomic mass is 10.1. The molecule has 0 saturated heterocycles. The number of aliphatic hydroxyl groups is 1. The van der Waals surface area contributed by atoms with Gasteiger partial charge in [0.05, 0.1) is 0 Å². The Bertz CT molecular complexity index is 69.0. The Morgan fingerprint density at radius 3 is 2.78 bits per heavy atom. The van der Waals surface area contributed by atoms with E-state index in [1.54, 1.807) is 0 Å². The van der Waals surface area contributed by atoms with E-state index >= 15 is 0 Å². The number of rotatable bonds is 5. The molecule has 1 nitrogen and oxygen atoms in total. The van der Waals surface area contributed by atoms with E-state index in [0.29, 0.717) is 12.5 Å². The molecule has 1 N–H and O–H groups in total. The van der Waals surface area contributed by atoms with Crippen molar-refractivity contribution in [2.24, 2.45) is 5.92 Å². The Hall–Kier alpha value is -0.300. The van der Waals surface area contributed by atoms with Crippen LogP contribution in [0.2, 0.25) is 0 Å². The summed E-state index contributed by atoms with van der Waals surface area (Å²) >= 11 is 0. The molecule has 0 aromatic heterocycles. The lowest BCUT2D eigenvalue weighted by Crippen LogP contribution is -1.99. The van der Waals surface area contributed by atoms with Crippen LogP contribution in [0.4, 0.5) is 0 Å². The first-order valence-corrected chi connectivity index (χ1v) is 3.53. The van der Waals surface area contributed by atoms with Crippen molar-refractivity contribution in [2.75, 3.05) is 6.61 Å². The van der Waals surface area contributed by atoms with Crippen LogP contribution in [0.5, 0.6) is 0 Å². The Kier molecular flexibility index (Phi) is 5.64. The van der Waals surface area contributed by atoms with Gasteiger partial charge in [0.2, 0.25) is 0 Å². The van der Waals surface area contributed by atoms with Gasteiger partial charge in [0.15, 0.2) is 0 Å². The molecule has 0 aliphatic heterocycles. The molecule has 54 valence electrons. The highest BCUT2D eigenvalue weighted by Crippen LogP contribution is 2.05. The minimum Gasteiger partial charge on any atom is -0.396 e. The van der Waals surface area contributed by atoms with Gasteiger partial charge in [-0.25, -0.2) is 0 Å². The summed E-state index contributed by atoms with van der Waals surface area (Å²) in [6.07, 6.45) is 5.27. The van der Waals surface area contributed by atoms with E-state index in [9.17, 15) is 0 Å². The molecule has 0 heterocycles. The average Bonchev–Trinajstić information content (AvgIpc) is 1.89. The normalized spacial score (nSPS) is 13.1. The third kappa shape index (κ3) is 5.57. The molecule has 0 spiro atoms. The molecule has 0 amide bonds. The summed E-state index contributed by atoms with van der Waals surface area (Å²) in [4.78, 5) is 0. The quantitative estimate of drug-likeness (QED) is 0.443. The number of allylic oxidation sites excluding steroid dienone is 1. The predicted molar refractivity (Wildman–Crippen MR) is 40.3 cm³/mol. The molecular weight excluding hydrogens is 112 g/mol. The van der Waals surface area contributed by atoms with E-state index in [1.165, 1.54) is 0 Å². The minimum atomic E-state index is 0.317. The largest absolute Gasteiger partial charge is 0.396 e. The molecular formula is C8H16O. The van der Waals surface area contributed by atoms with E-state index in [1.807, 2.05) is 6.08 Å². The molecule has 0 saturated carbocycles. The number of hydrogen-bond donors (Lipinski definition) is 1. The van der Waals surface area contributed by atoms with E-state index in [-0.39, 0.29) is 0 Å². The van der Waals surface area contributed by atoms with E-state index in [4.69, 9.17) is 5.11 Å². The van der Waals surface area contributed by atoms with E-state index in [0.717, 1.165) is 19.3 Å². The third-order valence-electron chi connectivity index (χ3n) is 1.42. The number of hydrogen-bond acceptors (Lipinski definition) is 1. The highest BCUT2D eigenvalue weighted by atomic mass is 16.3. The second-order valence-electron chi connectivity index (χ2n) is 2.51. The first kappa shape index (κ1) is 8.70. The van der Waals surface area contributed by atoms with Crippen LogP contribution in [0, 0.1) is 5.92 Å². The molecule has 0 fully saturated rings. The fraction of sp³-hybridized carbons (Fsp3) is 0.750. The fourth-order valence-electron chi connectivity index (χ4n) is 0.702. The number of unbranched alkanes of at least 4 members (excludes halogenated alkanes) is 1. The zero-order chi connectivity index (χ0) is 7.11. The summed E-state index contributed by atoms with van der Waals surface area (Å²) in [5, 5.41) is 8.61. The smallest absolute Gasteiger partial charge is 0.0456 e. The maximum absolute atomic E-state index is 8.61. The molecule has 0 unspecified atom stereocenters. The van der Waals surface area contributed by atoms with Gasteiger partial charge in [-0.3, -0.25) is 0 Å². The van der Waals surface area contributed by atoms with Gasteiger partial charge in [-0.1, -0.05) is 13.0 Å². The Morgan fingerprint density at radius 2 is 2.33 bits per heavy atom. The predicted octanol–water partition coefficient (Wildman–Crippen LogP) is 1.97. The topological polar surface area (TPSA) is 20.2 Å². The van der Waals surface area contributed by atoms with Crippen molar-refractivity contribution in [3.8, 4) is 0 Å². The highest BCUT2D eigenvalue weighted by Gasteiger charge is 1.96. The van der Waals surface area contributed by atoms with Crippen molar-refractivity contribution < 1.29 is 5.11 Å². The van der Waals surface area contributed by atoms with Crippen molar-refractivity contribution in [1.82, 2.24) is 0 Å². The molecule has 0 radical (unpaired) electrons. The molecule has 0 aromatic rings. The van der Waals surface area contributed by atoms with E-state index < -0.39 is 0 Å². The molecule has 0 rings (SSSR count). The number of aliphatic hydroxyl groups excluding tert-OH is 1. The van der Waals surface area contributed by atoms with Gasteiger partial charge in [0.25, 0.3) is 0 Å². The summed E-state index contributed by atoms with van der Waals surface area (Å²) < 4.78 is 0. The van der Waals surface area contributed by atoms with Crippen molar-refractivity contribution in [2.45, 2.75) is 26.2 Å². The maximum atomic E-state index is 8.61. The first-order valence-electron chi connectivity index (χ1n) is 3.53. The van der Waals surface area contributed by atoms with Crippen LogP contribution in [0.25, 0.3) is 0 Å². The van der Waals surface area contributed by atoms with Gasteiger partial charge < -0.3 is 5.11 Å². The lowest BCUT2D eigenvalue weighted by Gasteiger charge is -2.04. The zero-order valence-electron chi connectivity index (χ0n) is 6.14. The SMILES string of the molecule is C=CCCC[C@H](C)CO. The van der Waals surface area contributed by atoms with Gasteiger partial charge >= 0.3 is 0 Å². The molecule has 1 atom stereocenters. The molecule has 0 bridgehead atoms. The van der Waals surface area contributed by atoms with Crippen LogP contribution in [0.1, 0.15) is 26.2 Å². The first-order chi connectivity index (χ1) is 4.31. The van der Waals surface area contributed by atoms with Gasteiger partial charge in [0, 0.05) is 6.61 Å². The van der Waals surface area contributed by atoms with Crippen molar-refractivity contribution in [3.05, 3.63) is 12.7 Å². The third-order valence-corrected chi connectivity index (χ3v) is 1.42. The summed E-state index contributed by atoms with van der Waals surface area (Å²) in [7, 11) is 0. The summed E-state index contributed by atoms with van der Waals surface area (Å²) in [5.41, 5.74) is 0. The summed E-state index contributed by atoms with van der Waals surface area (Å²) in [5.74, 6) is 0.463. The average molecular weight is 128 g/mol. The highest BCUT2D eigenvalue weighted by molar-refractivity contribution is 4.66. The Morgan fingerprint density at radius 1 is 1.67 bits per heavy atom. The molecule has 0 aliphatic carbocycles. The maximum Gasteiger partial charge on any atom is 0.0456 e. The Labute approximate surface area is 57.4 Å². The van der Waals surface area contributed by atoms with Crippen LogP contribution in [-0.2, 0) is 0 Å². The molecule has 1 heteroatoms. The monoisotopic (exact) mass is 128 g/mol. The minimum absolute atomic E-state index is 0.317. The van der Waals surface area contributed by atoms with Gasteiger partial charge in [-0.15, -0.1) is 6.58 Å². The second kappa shape index (κ2) is 5.83. The van der Waals surface area contributed by atoms with Gasteiger partial charge in [0.1, 0.15) is 0 Å². The second-order valence-corrected chi connectivity index (χ2v) is 2.51. The van der Waals surface area contributed by atoms with Crippen LogP contribution >= 0.6 is 0 Å². The van der Waals surface area contributed by atoms with E-state index in [2.05, 4.69) is 13.5 Å². The standard InChI is InChI=1S/C8H16O/c1-3-4-5-6-8(2)7-9/h3,8-9H,1,4-7H2,2H3/t8-/m0/s1. The van der Waals surface area contributed by atoms with Crippen LogP contribution < -0.4 is 0 Å². The van der Waals surface area contributed by atoms with Crippen LogP contribution in [-0.4, -0.2) is 11.7 Å². The van der Waals surface area contributed by atoms with Gasteiger partial charge in [-0.05, 0) is 25.2 Å². The fourth-order valence-corrected chi connectivity index (χ4v) is 0.702. The molecule has 0 aliphatic rings. The van der Waals surface area contributed by atoms with Crippen molar-refractivity contribution in [3.63, 3.8) is 0 Å². The molecule has 9 heavy (non-hydrogen) atoms. The van der Waals surface area contributed by atoms with Crippen molar-refractivity contribution >= 4 is 0 Å². The van der Waals surface area contributed by atoms with Crippen LogP contribution in [0.3, 0.4) is 0 Å². The van der Waals surface area contributed by atoms with Gasteiger partial charge in [-0.2, -0.15) is 0 Å².